The van der Waals surface area contributed by atoms with Crippen molar-refractivity contribution in [3.63, 3.8) is 0 Å². The van der Waals surface area contributed by atoms with Gasteiger partial charge in [-0.2, -0.15) is 0 Å². The molecule has 3 N–H and O–H groups in total. The summed E-state index contributed by atoms with van der Waals surface area (Å²) in [7, 11) is 0. The number of hydrogen-bond donors (Lipinski definition) is 2. The van der Waals surface area contributed by atoms with Crippen LogP contribution in [0.2, 0.25) is 0 Å². The monoisotopic (exact) mass is 295 g/mol. The summed E-state index contributed by atoms with van der Waals surface area (Å²) in [6.45, 7) is 4.31. The highest BCUT2D eigenvalue weighted by Crippen LogP contribution is 2.33. The Morgan fingerprint density at radius 3 is 1.55 bits per heavy atom. The number of piperidine rings is 1. The quantitative estimate of drug-likeness (QED) is 0.649. The highest BCUT2D eigenvalue weighted by atomic mass is 16.4. The van der Waals surface area contributed by atoms with Crippen molar-refractivity contribution in [1.29, 1.82) is 0 Å². The second-order valence-electron chi connectivity index (χ2n) is 6.17. The highest BCUT2D eigenvalue weighted by molar-refractivity contribution is 5.89. The number of nitrogens with two attached hydrogens (primary N) is 1. The maximum Gasteiger partial charge on any atom is 0.120 e. The summed E-state index contributed by atoms with van der Waals surface area (Å²) in [5.41, 5.74) is 3.46. The minimum Gasteiger partial charge on any atom is -0.411 e. The van der Waals surface area contributed by atoms with Crippen LogP contribution < -0.4 is 5.32 Å². The van der Waals surface area contributed by atoms with Gasteiger partial charge in [-0.3, -0.25) is 0 Å². The molecule has 4 atom stereocenters. The first-order valence-corrected chi connectivity index (χ1v) is 7.89. The third-order valence-electron chi connectivity index (χ3n) is 4.91. The number of hydrogen-bond acceptors (Lipinski definition) is 2. The highest BCUT2D eigenvalue weighted by Gasteiger charge is 2.42. The lowest BCUT2D eigenvalue weighted by Crippen LogP contribution is -2.91. The topological polar surface area (TPSA) is 49.2 Å². The molecule has 114 valence electrons. The molecule has 0 amide bonds. The molecule has 0 unspecified atom stereocenters. The second kappa shape index (κ2) is 6.32. The lowest BCUT2D eigenvalue weighted by Gasteiger charge is -2.37. The predicted octanol–water partition coefficient (Wildman–Crippen LogP) is 3.15. The maximum absolute atomic E-state index is 9.54. The Hall–Kier alpha value is -2.13. The molecule has 1 aliphatic rings. The number of oxime groups is 1. The van der Waals surface area contributed by atoms with Gasteiger partial charge >= 0.3 is 0 Å². The lowest BCUT2D eigenvalue weighted by molar-refractivity contribution is -0.747. The Balaban J connectivity index is 1.99. The van der Waals surface area contributed by atoms with Crippen molar-refractivity contribution in [2.24, 2.45) is 17.0 Å². The van der Waals surface area contributed by atoms with Crippen molar-refractivity contribution in [2.45, 2.75) is 25.9 Å². The van der Waals surface area contributed by atoms with E-state index in [9.17, 15) is 5.21 Å². The molecule has 3 nitrogen and oxygen atoms in total. The SMILES string of the molecule is C[C@@H]1C(=NO)[C@@H](C)[C@H](c2ccccc2)[NH2+][C@@H]1c1ccccc1. The minimum atomic E-state index is 0.211. The van der Waals surface area contributed by atoms with E-state index in [1.165, 1.54) is 11.1 Å². The van der Waals surface area contributed by atoms with Crippen molar-refractivity contribution in [3.8, 4) is 0 Å². The normalized spacial score (nSPS) is 30.4. The average molecular weight is 295 g/mol. The van der Waals surface area contributed by atoms with Crippen LogP contribution in [0.4, 0.5) is 0 Å². The fourth-order valence-corrected chi connectivity index (χ4v) is 3.67. The number of benzene rings is 2. The molecule has 0 bridgehead atoms. The molecule has 0 saturated carbocycles. The van der Waals surface area contributed by atoms with Gasteiger partial charge in [-0.1, -0.05) is 79.7 Å². The van der Waals surface area contributed by atoms with Gasteiger partial charge in [0.1, 0.15) is 12.1 Å². The molecule has 1 aliphatic heterocycles. The van der Waals surface area contributed by atoms with E-state index >= 15 is 0 Å². The third kappa shape index (κ3) is 2.64. The van der Waals surface area contributed by atoms with Crippen molar-refractivity contribution < 1.29 is 10.5 Å². The lowest BCUT2D eigenvalue weighted by atomic mass is 9.75. The van der Waals surface area contributed by atoms with E-state index in [4.69, 9.17) is 0 Å². The van der Waals surface area contributed by atoms with Gasteiger partial charge in [0, 0.05) is 11.1 Å². The second-order valence-corrected chi connectivity index (χ2v) is 6.17. The van der Waals surface area contributed by atoms with Gasteiger partial charge in [-0.05, 0) is 0 Å². The predicted molar refractivity (Wildman–Crippen MR) is 87.8 cm³/mol. The van der Waals surface area contributed by atoms with Crippen molar-refractivity contribution in [3.05, 3.63) is 71.8 Å². The molecular weight excluding hydrogens is 272 g/mol. The summed E-state index contributed by atoms with van der Waals surface area (Å²) < 4.78 is 0. The van der Waals surface area contributed by atoms with E-state index in [1.54, 1.807) is 0 Å². The van der Waals surface area contributed by atoms with Crippen molar-refractivity contribution in [2.75, 3.05) is 0 Å². The molecule has 22 heavy (non-hydrogen) atoms. The average Bonchev–Trinajstić information content (AvgIpc) is 2.57. The number of quaternary nitrogens is 1. The van der Waals surface area contributed by atoms with E-state index in [-0.39, 0.29) is 23.9 Å². The molecule has 1 heterocycles. The van der Waals surface area contributed by atoms with Crippen LogP contribution in [-0.2, 0) is 0 Å². The van der Waals surface area contributed by atoms with Crippen LogP contribution in [0.3, 0.4) is 0 Å². The summed E-state index contributed by atoms with van der Waals surface area (Å²) >= 11 is 0. The molecule has 0 spiro atoms. The van der Waals surface area contributed by atoms with Crippen molar-refractivity contribution in [1.82, 2.24) is 0 Å². The molecule has 0 aliphatic carbocycles. The first-order valence-electron chi connectivity index (χ1n) is 7.89. The first kappa shape index (κ1) is 14.8. The summed E-state index contributed by atoms with van der Waals surface area (Å²) in [6.07, 6.45) is 0. The number of rotatable bonds is 2. The molecule has 3 rings (SSSR count). The third-order valence-corrected chi connectivity index (χ3v) is 4.91. The van der Waals surface area contributed by atoms with Gasteiger partial charge in [-0.25, -0.2) is 0 Å². The zero-order chi connectivity index (χ0) is 15.5. The largest absolute Gasteiger partial charge is 0.411 e. The number of nitrogens with zero attached hydrogens (tertiary/aromatic N) is 1. The van der Waals surface area contributed by atoms with Crippen LogP contribution in [-0.4, -0.2) is 10.9 Å². The van der Waals surface area contributed by atoms with Crippen LogP contribution in [0.15, 0.2) is 65.8 Å². The fraction of sp³-hybridized carbons (Fsp3) is 0.316. The summed E-state index contributed by atoms with van der Waals surface area (Å²) in [5.74, 6) is 0.421. The molecular formula is C19H23N2O+. The van der Waals surface area contributed by atoms with Gasteiger partial charge in [-0.15, -0.1) is 0 Å². The van der Waals surface area contributed by atoms with Crippen LogP contribution >= 0.6 is 0 Å². The van der Waals surface area contributed by atoms with E-state index in [2.05, 4.69) is 72.9 Å². The summed E-state index contributed by atoms with van der Waals surface area (Å²) in [6, 6.07) is 21.5. The van der Waals surface area contributed by atoms with Crippen LogP contribution in [0.25, 0.3) is 0 Å². The maximum atomic E-state index is 9.54. The summed E-state index contributed by atoms with van der Waals surface area (Å²) in [5, 5.41) is 15.6. The van der Waals surface area contributed by atoms with Gasteiger partial charge < -0.3 is 10.5 Å². The van der Waals surface area contributed by atoms with Gasteiger partial charge in [0.15, 0.2) is 0 Å². The smallest absolute Gasteiger partial charge is 0.120 e. The Morgan fingerprint density at radius 1 is 0.773 bits per heavy atom. The standard InChI is InChI=1S/C19H22N2O/c1-13-17(21-22)14(2)19(16-11-7-4-8-12-16)20-18(13)15-9-5-3-6-10-15/h3-14,18-20,22H,1-2H3/p+1/t13-,14-,18-,19+/m1/s1. The molecule has 0 radical (unpaired) electrons. The zero-order valence-corrected chi connectivity index (χ0v) is 13.1. The molecule has 0 aromatic heterocycles. The minimum absolute atomic E-state index is 0.211. The first-order chi connectivity index (χ1) is 10.7. The Labute approximate surface area is 131 Å². The molecule has 3 heteroatoms. The van der Waals surface area contributed by atoms with Gasteiger partial charge in [0.05, 0.1) is 17.5 Å². The zero-order valence-electron chi connectivity index (χ0n) is 13.1. The fourth-order valence-electron chi connectivity index (χ4n) is 3.67. The Bertz CT molecular complexity index is 585. The van der Waals surface area contributed by atoms with Crippen LogP contribution in [0.5, 0.6) is 0 Å². The van der Waals surface area contributed by atoms with Crippen molar-refractivity contribution >= 4 is 5.71 Å². The molecule has 2 aromatic rings. The van der Waals surface area contributed by atoms with Gasteiger partial charge in [0.2, 0.25) is 0 Å². The molecule has 2 aromatic carbocycles. The van der Waals surface area contributed by atoms with Crippen LogP contribution in [0.1, 0.15) is 37.1 Å². The van der Waals surface area contributed by atoms with E-state index < -0.39 is 0 Å². The van der Waals surface area contributed by atoms with E-state index in [0.717, 1.165) is 5.71 Å². The van der Waals surface area contributed by atoms with Crippen LogP contribution in [0, 0.1) is 11.8 Å². The Kier molecular flexibility index (Phi) is 4.25. The summed E-state index contributed by atoms with van der Waals surface area (Å²) in [4.78, 5) is 0. The van der Waals surface area contributed by atoms with Gasteiger partial charge in [0.25, 0.3) is 0 Å². The van der Waals surface area contributed by atoms with E-state index in [0.29, 0.717) is 0 Å². The molecule has 1 fully saturated rings. The molecule has 1 saturated heterocycles. The van der Waals surface area contributed by atoms with E-state index in [1.807, 2.05) is 12.1 Å². The Morgan fingerprint density at radius 2 is 1.18 bits per heavy atom.